The molecule has 0 fully saturated rings. The largest absolute Gasteiger partial charge is 0.356 e. The molecule has 2 rings (SSSR count). The van der Waals surface area contributed by atoms with Gasteiger partial charge in [-0.3, -0.25) is 9.98 Å². The molecule has 0 saturated heterocycles. The van der Waals surface area contributed by atoms with E-state index in [0.29, 0.717) is 0 Å². The van der Waals surface area contributed by atoms with Crippen molar-refractivity contribution >= 4 is 5.96 Å². The van der Waals surface area contributed by atoms with Gasteiger partial charge in [0.05, 0.1) is 0 Å². The van der Waals surface area contributed by atoms with Crippen molar-refractivity contribution in [1.29, 1.82) is 0 Å². The lowest BCUT2D eigenvalue weighted by Crippen LogP contribution is -2.41. The predicted molar refractivity (Wildman–Crippen MR) is 60.6 cm³/mol. The van der Waals surface area contributed by atoms with Gasteiger partial charge >= 0.3 is 0 Å². The lowest BCUT2D eigenvalue weighted by molar-refractivity contribution is 0.465. The van der Waals surface area contributed by atoms with E-state index in [0.717, 1.165) is 32.0 Å². The van der Waals surface area contributed by atoms with E-state index in [9.17, 15) is 0 Å². The van der Waals surface area contributed by atoms with Crippen LogP contribution in [0.25, 0.3) is 0 Å². The zero-order valence-electron chi connectivity index (χ0n) is 8.98. The summed E-state index contributed by atoms with van der Waals surface area (Å²) in [5.74, 6) is 0.998. The second-order valence-electron chi connectivity index (χ2n) is 3.70. The summed E-state index contributed by atoms with van der Waals surface area (Å²) in [6, 6.07) is 4.06. The average Bonchev–Trinajstić information content (AvgIpc) is 2.31. The third kappa shape index (κ3) is 2.68. The van der Waals surface area contributed by atoms with Crippen LogP contribution in [0.3, 0.4) is 0 Å². The molecule has 1 aliphatic heterocycles. The first-order valence-corrected chi connectivity index (χ1v) is 5.24. The van der Waals surface area contributed by atoms with Crippen molar-refractivity contribution in [3.05, 3.63) is 30.1 Å². The van der Waals surface area contributed by atoms with Crippen LogP contribution in [0.15, 0.2) is 29.5 Å². The summed E-state index contributed by atoms with van der Waals surface area (Å²) in [4.78, 5) is 10.6. The molecule has 0 atom stereocenters. The second kappa shape index (κ2) is 4.77. The fourth-order valence-corrected chi connectivity index (χ4v) is 1.61. The Morgan fingerprint density at radius 3 is 2.87 bits per heavy atom. The minimum atomic E-state index is 0.869. The molecule has 2 heterocycles. The summed E-state index contributed by atoms with van der Waals surface area (Å²) < 4.78 is 0. The van der Waals surface area contributed by atoms with Gasteiger partial charge in [0, 0.05) is 39.1 Å². The quantitative estimate of drug-likeness (QED) is 0.777. The number of nitrogens with one attached hydrogen (secondary N) is 1. The lowest BCUT2D eigenvalue weighted by Gasteiger charge is -2.24. The van der Waals surface area contributed by atoms with Gasteiger partial charge < -0.3 is 10.2 Å². The predicted octanol–water partition coefficient (Wildman–Crippen LogP) is 0.863. The molecular formula is C11H16N4. The van der Waals surface area contributed by atoms with E-state index in [1.807, 2.05) is 24.5 Å². The van der Waals surface area contributed by atoms with Crippen molar-refractivity contribution in [3.8, 4) is 0 Å². The Morgan fingerprint density at radius 1 is 1.40 bits per heavy atom. The van der Waals surface area contributed by atoms with Crippen LogP contribution in [0.4, 0.5) is 0 Å². The van der Waals surface area contributed by atoms with Crippen LogP contribution in [-0.4, -0.2) is 36.0 Å². The molecule has 0 saturated carbocycles. The van der Waals surface area contributed by atoms with Crippen LogP contribution in [0.1, 0.15) is 12.0 Å². The van der Waals surface area contributed by atoms with Gasteiger partial charge in [-0.05, 0) is 24.1 Å². The molecule has 0 spiro atoms. The zero-order valence-corrected chi connectivity index (χ0v) is 8.98. The standard InChI is InChI=1S/C11H16N4/c1-15(11-13-5-2-6-14-11)9-10-3-7-12-8-4-10/h3-4,7-8H,2,5-6,9H2,1H3,(H,13,14). The maximum absolute atomic E-state index is 4.44. The molecule has 1 aromatic rings. The molecule has 0 aliphatic carbocycles. The van der Waals surface area contributed by atoms with Crippen LogP contribution in [0, 0.1) is 0 Å². The maximum atomic E-state index is 4.44. The third-order valence-corrected chi connectivity index (χ3v) is 2.41. The Morgan fingerprint density at radius 2 is 2.20 bits per heavy atom. The van der Waals surface area contributed by atoms with Gasteiger partial charge in [-0.25, -0.2) is 0 Å². The Hall–Kier alpha value is -1.58. The van der Waals surface area contributed by atoms with Gasteiger partial charge in [0.15, 0.2) is 5.96 Å². The van der Waals surface area contributed by atoms with Crippen molar-refractivity contribution in [2.24, 2.45) is 4.99 Å². The Balaban J connectivity index is 1.97. The summed E-state index contributed by atoms with van der Waals surface area (Å²) in [5, 5.41) is 3.30. The molecule has 4 nitrogen and oxygen atoms in total. The molecule has 0 aromatic carbocycles. The van der Waals surface area contributed by atoms with Crippen LogP contribution < -0.4 is 5.32 Å². The fourth-order valence-electron chi connectivity index (χ4n) is 1.61. The molecule has 0 bridgehead atoms. The van der Waals surface area contributed by atoms with Crippen LogP contribution in [0.2, 0.25) is 0 Å². The van der Waals surface area contributed by atoms with Gasteiger partial charge in [-0.2, -0.15) is 0 Å². The first-order chi connectivity index (χ1) is 7.36. The summed E-state index contributed by atoms with van der Waals surface area (Å²) in [5.41, 5.74) is 1.25. The highest BCUT2D eigenvalue weighted by Gasteiger charge is 2.09. The number of hydrogen-bond acceptors (Lipinski definition) is 4. The highest BCUT2D eigenvalue weighted by molar-refractivity contribution is 5.80. The van der Waals surface area contributed by atoms with E-state index in [1.54, 1.807) is 0 Å². The Bertz CT molecular complexity index is 334. The zero-order chi connectivity index (χ0) is 10.5. The number of aromatic nitrogens is 1. The normalized spacial score (nSPS) is 15.4. The van der Waals surface area contributed by atoms with Crippen molar-refractivity contribution in [2.45, 2.75) is 13.0 Å². The number of hydrogen-bond donors (Lipinski definition) is 1. The van der Waals surface area contributed by atoms with E-state index in [4.69, 9.17) is 0 Å². The average molecular weight is 204 g/mol. The third-order valence-electron chi connectivity index (χ3n) is 2.41. The van der Waals surface area contributed by atoms with Crippen LogP contribution in [0.5, 0.6) is 0 Å². The number of rotatable bonds is 2. The minimum Gasteiger partial charge on any atom is -0.356 e. The number of pyridine rings is 1. The summed E-state index contributed by atoms with van der Waals surface area (Å²) in [6.07, 6.45) is 4.77. The summed E-state index contributed by atoms with van der Waals surface area (Å²) in [6.45, 7) is 2.83. The van der Waals surface area contributed by atoms with E-state index in [1.165, 1.54) is 5.56 Å². The van der Waals surface area contributed by atoms with E-state index in [-0.39, 0.29) is 0 Å². The molecule has 0 unspecified atom stereocenters. The van der Waals surface area contributed by atoms with E-state index < -0.39 is 0 Å². The highest BCUT2D eigenvalue weighted by atomic mass is 15.3. The van der Waals surface area contributed by atoms with Gasteiger partial charge in [-0.15, -0.1) is 0 Å². The Labute approximate surface area is 90.0 Å². The summed E-state index contributed by atoms with van der Waals surface area (Å²) >= 11 is 0. The number of guanidine groups is 1. The fraction of sp³-hybridized carbons (Fsp3) is 0.455. The molecule has 0 amide bonds. The van der Waals surface area contributed by atoms with Crippen molar-refractivity contribution in [2.75, 3.05) is 20.1 Å². The molecule has 80 valence electrons. The molecule has 1 N–H and O–H groups in total. The van der Waals surface area contributed by atoms with Gasteiger partial charge in [0.2, 0.25) is 0 Å². The molecule has 15 heavy (non-hydrogen) atoms. The maximum Gasteiger partial charge on any atom is 0.193 e. The van der Waals surface area contributed by atoms with Crippen molar-refractivity contribution < 1.29 is 0 Å². The summed E-state index contributed by atoms with van der Waals surface area (Å²) in [7, 11) is 2.05. The molecule has 0 radical (unpaired) electrons. The lowest BCUT2D eigenvalue weighted by atomic mass is 10.2. The van der Waals surface area contributed by atoms with Crippen LogP contribution >= 0.6 is 0 Å². The molecular weight excluding hydrogens is 188 g/mol. The minimum absolute atomic E-state index is 0.869. The topological polar surface area (TPSA) is 40.5 Å². The van der Waals surface area contributed by atoms with Gasteiger partial charge in [0.1, 0.15) is 0 Å². The highest BCUT2D eigenvalue weighted by Crippen LogP contribution is 2.02. The van der Waals surface area contributed by atoms with E-state index >= 15 is 0 Å². The first-order valence-electron chi connectivity index (χ1n) is 5.24. The first kappa shape index (κ1) is 9.96. The van der Waals surface area contributed by atoms with Gasteiger partial charge in [-0.1, -0.05) is 0 Å². The van der Waals surface area contributed by atoms with Crippen molar-refractivity contribution in [3.63, 3.8) is 0 Å². The Kier molecular flexibility index (Phi) is 3.17. The monoisotopic (exact) mass is 204 g/mol. The molecule has 4 heteroatoms. The van der Waals surface area contributed by atoms with Crippen LogP contribution in [-0.2, 0) is 6.54 Å². The van der Waals surface area contributed by atoms with E-state index in [2.05, 4.69) is 27.2 Å². The number of aliphatic imine (C=N–C) groups is 1. The smallest absolute Gasteiger partial charge is 0.193 e. The molecule has 1 aliphatic rings. The van der Waals surface area contributed by atoms with Gasteiger partial charge in [0.25, 0.3) is 0 Å². The number of nitrogens with zero attached hydrogens (tertiary/aromatic N) is 3. The van der Waals surface area contributed by atoms with Crippen molar-refractivity contribution in [1.82, 2.24) is 15.2 Å². The second-order valence-corrected chi connectivity index (χ2v) is 3.70. The molecule has 1 aromatic heterocycles. The SMILES string of the molecule is CN(Cc1ccncc1)C1=NCCCN1.